The number of hydrogen-bond donors (Lipinski definition) is 1. The maximum absolute atomic E-state index is 12.7. The molecule has 3 aromatic rings. The van der Waals surface area contributed by atoms with Crippen molar-refractivity contribution < 1.29 is 14.0 Å². The Balaban J connectivity index is 1.56. The zero-order chi connectivity index (χ0) is 18.8. The molecule has 6 heteroatoms. The Kier molecular flexibility index (Phi) is 4.69. The summed E-state index contributed by atoms with van der Waals surface area (Å²) in [7, 11) is 0. The molecule has 0 saturated carbocycles. The van der Waals surface area contributed by atoms with Gasteiger partial charge in [-0.1, -0.05) is 17.7 Å². The van der Waals surface area contributed by atoms with Crippen molar-refractivity contribution in [3.05, 3.63) is 82.8 Å². The molecule has 27 heavy (non-hydrogen) atoms. The summed E-state index contributed by atoms with van der Waals surface area (Å²) in [5.41, 5.74) is 3.05. The molecule has 1 N–H and O–H groups in total. The van der Waals surface area contributed by atoms with Crippen LogP contribution in [0.4, 0.5) is 11.4 Å². The highest BCUT2D eigenvalue weighted by Crippen LogP contribution is 2.31. The number of benzene rings is 2. The predicted octanol–water partition coefficient (Wildman–Crippen LogP) is 4.78. The third-order valence-electron chi connectivity index (χ3n) is 4.52. The first kappa shape index (κ1) is 17.4. The molecular formula is C21H17ClN2O3. The second-order valence-electron chi connectivity index (χ2n) is 6.35. The van der Waals surface area contributed by atoms with E-state index in [0.717, 1.165) is 24.1 Å². The highest BCUT2D eigenvalue weighted by atomic mass is 35.5. The van der Waals surface area contributed by atoms with E-state index in [-0.39, 0.29) is 11.8 Å². The predicted molar refractivity (Wildman–Crippen MR) is 105 cm³/mol. The highest BCUT2D eigenvalue weighted by molar-refractivity contribution is 6.31. The molecule has 0 unspecified atom stereocenters. The van der Waals surface area contributed by atoms with E-state index in [9.17, 15) is 9.59 Å². The Labute approximate surface area is 161 Å². The average Bonchev–Trinajstić information content (AvgIpc) is 3.21. The lowest BCUT2D eigenvalue weighted by Crippen LogP contribution is -2.35. The third kappa shape index (κ3) is 3.59. The number of carbonyl (C=O) groups excluding carboxylic acids is 2. The molecule has 0 spiro atoms. The van der Waals surface area contributed by atoms with Crippen LogP contribution in [0.2, 0.25) is 5.02 Å². The summed E-state index contributed by atoms with van der Waals surface area (Å²) >= 11 is 5.95. The second-order valence-corrected chi connectivity index (χ2v) is 6.78. The molecule has 0 saturated heterocycles. The molecule has 0 aliphatic carbocycles. The third-order valence-corrected chi connectivity index (χ3v) is 4.76. The summed E-state index contributed by atoms with van der Waals surface area (Å²) in [6.45, 7) is 0.640. The highest BCUT2D eigenvalue weighted by Gasteiger charge is 2.25. The molecular weight excluding hydrogens is 364 g/mol. The maximum Gasteiger partial charge on any atom is 0.293 e. The van der Waals surface area contributed by atoms with Crippen LogP contribution in [-0.2, 0) is 6.42 Å². The van der Waals surface area contributed by atoms with Gasteiger partial charge < -0.3 is 14.6 Å². The van der Waals surface area contributed by atoms with E-state index in [1.807, 2.05) is 12.1 Å². The van der Waals surface area contributed by atoms with Crippen molar-refractivity contribution in [2.75, 3.05) is 16.8 Å². The largest absolute Gasteiger partial charge is 0.459 e. The van der Waals surface area contributed by atoms with Crippen LogP contribution in [0.15, 0.2) is 65.3 Å². The second kappa shape index (κ2) is 7.29. The average molecular weight is 381 g/mol. The quantitative estimate of drug-likeness (QED) is 0.711. The molecule has 1 aliphatic rings. The van der Waals surface area contributed by atoms with Crippen molar-refractivity contribution >= 4 is 34.8 Å². The minimum absolute atomic E-state index is 0.156. The van der Waals surface area contributed by atoms with Gasteiger partial charge in [0.25, 0.3) is 11.8 Å². The topological polar surface area (TPSA) is 62.6 Å². The van der Waals surface area contributed by atoms with Crippen molar-refractivity contribution in [1.82, 2.24) is 0 Å². The summed E-state index contributed by atoms with van der Waals surface area (Å²) in [6, 6.07) is 15.7. The van der Waals surface area contributed by atoms with Gasteiger partial charge >= 0.3 is 0 Å². The van der Waals surface area contributed by atoms with E-state index in [1.165, 1.54) is 6.26 Å². The summed E-state index contributed by atoms with van der Waals surface area (Å²) in [5, 5.41) is 3.40. The van der Waals surface area contributed by atoms with E-state index in [4.69, 9.17) is 16.0 Å². The fraction of sp³-hybridized carbons (Fsp3) is 0.143. The summed E-state index contributed by atoms with van der Waals surface area (Å²) in [6.07, 6.45) is 3.19. The molecule has 0 atom stereocenters. The number of rotatable bonds is 3. The zero-order valence-corrected chi connectivity index (χ0v) is 15.2. The van der Waals surface area contributed by atoms with Crippen molar-refractivity contribution in [3.8, 4) is 0 Å². The maximum atomic E-state index is 12.7. The number of carbonyl (C=O) groups is 2. The van der Waals surface area contributed by atoms with E-state index >= 15 is 0 Å². The molecule has 0 fully saturated rings. The Morgan fingerprint density at radius 3 is 2.74 bits per heavy atom. The molecule has 2 amide bonds. The fourth-order valence-corrected chi connectivity index (χ4v) is 3.44. The first-order chi connectivity index (χ1) is 13.1. The minimum atomic E-state index is -0.225. The van der Waals surface area contributed by atoms with Gasteiger partial charge in [-0.25, -0.2) is 0 Å². The normalized spacial score (nSPS) is 13.1. The Morgan fingerprint density at radius 2 is 1.96 bits per heavy atom. The number of amides is 2. The Bertz CT molecular complexity index is 998. The number of furan rings is 1. The van der Waals surface area contributed by atoms with Crippen molar-refractivity contribution in [2.45, 2.75) is 12.8 Å². The van der Waals surface area contributed by atoms with Crippen LogP contribution in [0.1, 0.15) is 32.9 Å². The molecule has 2 aromatic carbocycles. The van der Waals surface area contributed by atoms with Gasteiger partial charge in [0.15, 0.2) is 5.76 Å². The van der Waals surface area contributed by atoms with Gasteiger partial charge in [0.1, 0.15) is 0 Å². The Morgan fingerprint density at radius 1 is 1.07 bits per heavy atom. The lowest BCUT2D eigenvalue weighted by Gasteiger charge is -2.29. The van der Waals surface area contributed by atoms with Crippen LogP contribution in [0.25, 0.3) is 0 Å². The Hall–Kier alpha value is -3.05. The number of nitrogens with one attached hydrogen (secondary N) is 1. The van der Waals surface area contributed by atoms with E-state index in [0.29, 0.717) is 28.6 Å². The van der Waals surface area contributed by atoms with Gasteiger partial charge in [0.2, 0.25) is 0 Å². The van der Waals surface area contributed by atoms with Crippen LogP contribution < -0.4 is 10.2 Å². The smallest absolute Gasteiger partial charge is 0.293 e. The first-order valence-corrected chi connectivity index (χ1v) is 9.05. The molecule has 1 aromatic heterocycles. The van der Waals surface area contributed by atoms with Crippen molar-refractivity contribution in [1.29, 1.82) is 0 Å². The van der Waals surface area contributed by atoms with Gasteiger partial charge in [0, 0.05) is 28.5 Å². The van der Waals surface area contributed by atoms with Gasteiger partial charge in [-0.15, -0.1) is 0 Å². The summed E-state index contributed by atoms with van der Waals surface area (Å²) < 4.78 is 5.24. The number of hydrogen-bond acceptors (Lipinski definition) is 3. The van der Waals surface area contributed by atoms with Gasteiger partial charge in [-0.2, -0.15) is 0 Å². The van der Waals surface area contributed by atoms with Crippen LogP contribution in [-0.4, -0.2) is 18.4 Å². The monoisotopic (exact) mass is 380 g/mol. The van der Waals surface area contributed by atoms with Gasteiger partial charge in [-0.3, -0.25) is 9.59 Å². The number of halogens is 1. The fourth-order valence-electron chi connectivity index (χ4n) is 3.25. The van der Waals surface area contributed by atoms with Crippen LogP contribution in [0.3, 0.4) is 0 Å². The zero-order valence-electron chi connectivity index (χ0n) is 14.4. The van der Waals surface area contributed by atoms with E-state index in [2.05, 4.69) is 5.32 Å². The lowest BCUT2D eigenvalue weighted by atomic mass is 10.0. The standard InChI is InChI=1S/C21H17ClN2O3/c22-16-6-1-4-15(12-16)20(25)23-17-8-9-18-14(13-17)5-2-10-24(18)21(26)19-7-3-11-27-19/h1,3-4,6-9,11-13H,2,5,10H2,(H,23,25). The van der Waals surface area contributed by atoms with Gasteiger partial charge in [-0.05, 0) is 66.9 Å². The van der Waals surface area contributed by atoms with Crippen LogP contribution in [0, 0.1) is 0 Å². The lowest BCUT2D eigenvalue weighted by molar-refractivity contribution is 0.0957. The van der Waals surface area contributed by atoms with Crippen LogP contribution in [0.5, 0.6) is 0 Å². The molecule has 1 aliphatic heterocycles. The number of aryl methyl sites for hydroxylation is 1. The van der Waals surface area contributed by atoms with Crippen LogP contribution >= 0.6 is 11.6 Å². The van der Waals surface area contributed by atoms with Crippen molar-refractivity contribution in [3.63, 3.8) is 0 Å². The molecule has 4 rings (SSSR count). The summed E-state index contributed by atoms with van der Waals surface area (Å²) in [4.78, 5) is 26.8. The number of anilines is 2. The molecule has 136 valence electrons. The summed E-state index contributed by atoms with van der Waals surface area (Å²) in [5.74, 6) is -0.0605. The van der Waals surface area contributed by atoms with Gasteiger partial charge in [0.05, 0.1) is 6.26 Å². The minimum Gasteiger partial charge on any atom is -0.459 e. The molecule has 5 nitrogen and oxygen atoms in total. The molecule has 0 bridgehead atoms. The first-order valence-electron chi connectivity index (χ1n) is 8.67. The van der Waals surface area contributed by atoms with E-state index < -0.39 is 0 Å². The van der Waals surface area contributed by atoms with Crippen molar-refractivity contribution in [2.24, 2.45) is 0 Å². The number of nitrogens with zero attached hydrogens (tertiary/aromatic N) is 1. The molecule has 2 heterocycles. The SMILES string of the molecule is O=C(Nc1ccc2c(c1)CCCN2C(=O)c1ccco1)c1cccc(Cl)c1. The number of fused-ring (bicyclic) bond motifs is 1. The van der Waals surface area contributed by atoms with E-state index in [1.54, 1.807) is 47.4 Å². The molecule has 0 radical (unpaired) electrons.